The van der Waals surface area contributed by atoms with Crippen molar-refractivity contribution in [1.29, 1.82) is 0 Å². The van der Waals surface area contributed by atoms with Crippen molar-refractivity contribution in [2.45, 2.75) is 6.61 Å². The first kappa shape index (κ1) is 17.5. The fourth-order valence-electron chi connectivity index (χ4n) is 2.11. The van der Waals surface area contributed by atoms with Gasteiger partial charge in [0, 0.05) is 11.8 Å². The zero-order valence-electron chi connectivity index (χ0n) is 13.1. The third kappa shape index (κ3) is 3.69. The van der Waals surface area contributed by atoms with Crippen molar-refractivity contribution in [3.8, 4) is 5.75 Å². The summed E-state index contributed by atoms with van der Waals surface area (Å²) in [6.45, 7) is -0.532. The number of carbonyl (C=O) groups excluding carboxylic acids is 1. The molecule has 1 N–H and O–H groups in total. The van der Waals surface area contributed by atoms with Crippen LogP contribution in [0.4, 0.5) is 23.2 Å². The van der Waals surface area contributed by atoms with E-state index in [9.17, 15) is 22.4 Å². The van der Waals surface area contributed by atoms with E-state index in [1.165, 1.54) is 12.1 Å². The first-order valence-electron chi connectivity index (χ1n) is 7.36. The van der Waals surface area contributed by atoms with Gasteiger partial charge in [0.05, 0.1) is 0 Å². The second-order valence-corrected chi connectivity index (χ2v) is 5.17. The molecular weight excluding hydrogens is 354 g/mol. The lowest BCUT2D eigenvalue weighted by molar-refractivity contribution is 0.0992. The van der Waals surface area contributed by atoms with Crippen molar-refractivity contribution < 1.29 is 31.5 Å². The van der Waals surface area contributed by atoms with Gasteiger partial charge in [0.2, 0.25) is 11.6 Å². The number of hydrogen-bond donors (Lipinski definition) is 1. The Labute approximate surface area is 145 Å². The van der Waals surface area contributed by atoms with Crippen molar-refractivity contribution in [3.63, 3.8) is 0 Å². The molecule has 0 fully saturated rings. The van der Waals surface area contributed by atoms with Crippen molar-refractivity contribution in [2.24, 2.45) is 0 Å². The highest BCUT2D eigenvalue weighted by atomic mass is 19.2. The second kappa shape index (κ2) is 7.30. The van der Waals surface area contributed by atoms with Crippen LogP contribution >= 0.6 is 0 Å². The van der Waals surface area contributed by atoms with E-state index in [0.29, 0.717) is 5.69 Å². The molecule has 0 saturated heterocycles. The SMILES string of the molecule is O=C(Nc1ccccc1)c1ccc(COc2c(F)c(F)cc(F)c2F)o1. The van der Waals surface area contributed by atoms with Crippen LogP contribution in [0.15, 0.2) is 52.9 Å². The van der Waals surface area contributed by atoms with E-state index in [2.05, 4.69) is 5.32 Å². The van der Waals surface area contributed by atoms with Crippen molar-refractivity contribution in [2.75, 3.05) is 5.32 Å². The Morgan fingerprint density at radius 1 is 0.962 bits per heavy atom. The predicted octanol–water partition coefficient (Wildman–Crippen LogP) is 4.67. The molecule has 0 aliphatic heterocycles. The maximum Gasteiger partial charge on any atom is 0.291 e. The third-order valence-corrected chi connectivity index (χ3v) is 3.35. The molecule has 0 saturated carbocycles. The summed E-state index contributed by atoms with van der Waals surface area (Å²) in [5.74, 6) is -8.26. The van der Waals surface area contributed by atoms with Crippen molar-refractivity contribution >= 4 is 11.6 Å². The Balaban J connectivity index is 1.69. The number of carbonyl (C=O) groups is 1. The van der Waals surface area contributed by atoms with Crippen molar-refractivity contribution in [3.05, 3.63) is 83.3 Å². The third-order valence-electron chi connectivity index (χ3n) is 3.35. The van der Waals surface area contributed by atoms with Crippen LogP contribution in [0.1, 0.15) is 16.3 Å². The summed E-state index contributed by atoms with van der Waals surface area (Å²) in [6, 6.07) is 11.4. The Morgan fingerprint density at radius 3 is 2.27 bits per heavy atom. The first-order chi connectivity index (χ1) is 12.5. The first-order valence-corrected chi connectivity index (χ1v) is 7.36. The van der Waals surface area contributed by atoms with Gasteiger partial charge < -0.3 is 14.5 Å². The highest BCUT2D eigenvalue weighted by Crippen LogP contribution is 2.27. The molecule has 2 aromatic carbocycles. The summed E-state index contributed by atoms with van der Waals surface area (Å²) in [5.41, 5.74) is 0.547. The number of amides is 1. The van der Waals surface area contributed by atoms with Crippen LogP contribution in [-0.4, -0.2) is 5.91 Å². The zero-order valence-corrected chi connectivity index (χ0v) is 13.1. The van der Waals surface area contributed by atoms with Crippen LogP contribution < -0.4 is 10.1 Å². The number of hydrogen-bond acceptors (Lipinski definition) is 3. The number of halogens is 4. The molecular formula is C18H11F4NO3. The fraction of sp³-hybridized carbons (Fsp3) is 0.0556. The van der Waals surface area contributed by atoms with E-state index < -0.39 is 41.5 Å². The Kier molecular flexibility index (Phi) is 4.92. The zero-order chi connectivity index (χ0) is 18.7. The number of anilines is 1. The lowest BCUT2D eigenvalue weighted by Gasteiger charge is -2.08. The van der Waals surface area contributed by atoms with Gasteiger partial charge in [-0.15, -0.1) is 0 Å². The lowest BCUT2D eigenvalue weighted by Crippen LogP contribution is -2.10. The van der Waals surface area contributed by atoms with Crippen LogP contribution in [0.3, 0.4) is 0 Å². The van der Waals surface area contributed by atoms with E-state index in [1.807, 2.05) is 0 Å². The largest absolute Gasteiger partial charge is 0.479 e. The van der Waals surface area contributed by atoms with Gasteiger partial charge in [-0.05, 0) is 24.3 Å². The van der Waals surface area contributed by atoms with Gasteiger partial charge in [0.1, 0.15) is 12.4 Å². The summed E-state index contributed by atoms with van der Waals surface area (Å²) in [4.78, 5) is 12.0. The summed E-state index contributed by atoms with van der Waals surface area (Å²) in [5, 5.41) is 2.59. The minimum absolute atomic E-state index is 0.0340. The van der Waals surface area contributed by atoms with Gasteiger partial charge in [0.25, 0.3) is 5.91 Å². The molecule has 3 aromatic rings. The highest BCUT2D eigenvalue weighted by Gasteiger charge is 2.21. The molecule has 1 aromatic heterocycles. The Bertz CT molecular complexity index is 915. The summed E-state index contributed by atoms with van der Waals surface area (Å²) in [6.07, 6.45) is 0. The number of rotatable bonds is 5. The van der Waals surface area contributed by atoms with Crippen LogP contribution in [0.2, 0.25) is 0 Å². The van der Waals surface area contributed by atoms with Crippen LogP contribution in [0.5, 0.6) is 5.75 Å². The fourth-order valence-corrected chi connectivity index (χ4v) is 2.11. The van der Waals surface area contributed by atoms with Crippen LogP contribution in [0.25, 0.3) is 0 Å². The Hall–Kier alpha value is -3.29. The maximum atomic E-state index is 13.5. The number of ether oxygens (including phenoxy) is 1. The van der Waals surface area contributed by atoms with E-state index in [0.717, 1.165) is 0 Å². The molecule has 1 heterocycles. The highest BCUT2D eigenvalue weighted by molar-refractivity contribution is 6.02. The standard InChI is InChI=1S/C18H11F4NO3/c19-12-8-13(20)16(22)17(15(12)21)25-9-11-6-7-14(26-11)18(24)23-10-4-2-1-3-5-10/h1-8H,9H2,(H,23,24). The molecule has 134 valence electrons. The van der Waals surface area contributed by atoms with E-state index in [1.54, 1.807) is 30.3 Å². The number of nitrogens with one attached hydrogen (secondary N) is 1. The number of benzene rings is 2. The summed E-state index contributed by atoms with van der Waals surface area (Å²) < 4.78 is 63.3. The smallest absolute Gasteiger partial charge is 0.291 e. The molecule has 0 radical (unpaired) electrons. The second-order valence-electron chi connectivity index (χ2n) is 5.17. The Morgan fingerprint density at radius 2 is 1.62 bits per heavy atom. The van der Waals surface area contributed by atoms with Crippen LogP contribution in [0, 0.1) is 23.3 Å². The van der Waals surface area contributed by atoms with Crippen LogP contribution in [-0.2, 0) is 6.61 Å². The average molecular weight is 365 g/mol. The van der Waals surface area contributed by atoms with Gasteiger partial charge in [-0.25, -0.2) is 8.78 Å². The lowest BCUT2D eigenvalue weighted by atomic mass is 10.3. The minimum atomic E-state index is -1.66. The molecule has 26 heavy (non-hydrogen) atoms. The number of furan rings is 1. The van der Waals surface area contributed by atoms with E-state index in [-0.39, 0.29) is 17.6 Å². The van der Waals surface area contributed by atoms with Gasteiger partial charge >= 0.3 is 0 Å². The van der Waals surface area contributed by atoms with Gasteiger partial charge in [-0.3, -0.25) is 4.79 Å². The minimum Gasteiger partial charge on any atom is -0.479 e. The predicted molar refractivity (Wildman–Crippen MR) is 83.7 cm³/mol. The molecule has 8 heteroatoms. The molecule has 0 aliphatic carbocycles. The number of para-hydroxylation sites is 1. The monoisotopic (exact) mass is 365 g/mol. The quantitative estimate of drug-likeness (QED) is 0.528. The molecule has 0 atom stereocenters. The molecule has 0 spiro atoms. The summed E-state index contributed by atoms with van der Waals surface area (Å²) in [7, 11) is 0. The molecule has 3 rings (SSSR count). The van der Waals surface area contributed by atoms with E-state index >= 15 is 0 Å². The molecule has 0 bridgehead atoms. The molecule has 4 nitrogen and oxygen atoms in total. The van der Waals surface area contributed by atoms with Gasteiger partial charge in [-0.2, -0.15) is 8.78 Å². The van der Waals surface area contributed by atoms with Crippen molar-refractivity contribution in [1.82, 2.24) is 0 Å². The molecule has 0 unspecified atom stereocenters. The van der Waals surface area contributed by atoms with Gasteiger partial charge in [0.15, 0.2) is 23.1 Å². The average Bonchev–Trinajstić information content (AvgIpc) is 3.10. The normalized spacial score (nSPS) is 10.6. The summed E-state index contributed by atoms with van der Waals surface area (Å²) >= 11 is 0. The molecule has 1 amide bonds. The maximum absolute atomic E-state index is 13.5. The van der Waals surface area contributed by atoms with E-state index in [4.69, 9.17) is 9.15 Å². The topological polar surface area (TPSA) is 51.5 Å². The molecule has 0 aliphatic rings. The van der Waals surface area contributed by atoms with Gasteiger partial charge in [-0.1, -0.05) is 18.2 Å².